The van der Waals surface area contributed by atoms with Crippen molar-refractivity contribution in [3.8, 4) is 11.5 Å². The van der Waals surface area contributed by atoms with Crippen LogP contribution in [0.25, 0.3) is 0 Å². The first-order valence-corrected chi connectivity index (χ1v) is 8.42. The molecule has 1 heterocycles. The molecule has 1 saturated heterocycles. The van der Waals surface area contributed by atoms with Crippen molar-refractivity contribution < 1.29 is 19.1 Å². The average Bonchev–Trinajstić information content (AvgIpc) is 2.96. The molecule has 0 radical (unpaired) electrons. The van der Waals surface area contributed by atoms with Gasteiger partial charge >= 0.3 is 0 Å². The molecule has 0 aliphatic carbocycles. The number of hydrogen-bond donors (Lipinski definition) is 1. The largest absolute Gasteiger partial charge is 0.493 e. The lowest BCUT2D eigenvalue weighted by atomic mass is 10.2. The van der Waals surface area contributed by atoms with Gasteiger partial charge in [0.1, 0.15) is 0 Å². The maximum Gasteiger partial charge on any atom is 0.251 e. The summed E-state index contributed by atoms with van der Waals surface area (Å²) in [5.74, 6) is 1.22. The van der Waals surface area contributed by atoms with Crippen LogP contribution in [0, 0.1) is 0 Å². The molecule has 132 valence electrons. The number of rotatable bonds is 8. The highest BCUT2D eigenvalue weighted by molar-refractivity contribution is 5.94. The zero-order chi connectivity index (χ0) is 17.5. The highest BCUT2D eigenvalue weighted by Gasteiger charge is 2.19. The topological polar surface area (TPSA) is 67.9 Å². The normalized spacial score (nSPS) is 14.2. The monoisotopic (exact) mass is 334 g/mol. The minimum atomic E-state index is -0.155. The molecule has 0 saturated carbocycles. The van der Waals surface area contributed by atoms with Crippen LogP contribution in [0.3, 0.4) is 0 Å². The van der Waals surface area contributed by atoms with Crippen molar-refractivity contribution in [3.63, 3.8) is 0 Å². The molecule has 1 aromatic carbocycles. The molecule has 2 amide bonds. The first-order valence-electron chi connectivity index (χ1n) is 8.42. The molecule has 1 aromatic rings. The lowest BCUT2D eigenvalue weighted by molar-refractivity contribution is -0.127. The Morgan fingerprint density at radius 3 is 2.75 bits per heavy atom. The molecule has 0 aromatic heterocycles. The Hall–Kier alpha value is -2.24. The standard InChI is InChI=1S/C18H26N2O4/c1-13(2)24-15-8-7-14(12-16(15)23-3)18(22)19-9-5-11-20-10-4-6-17(20)21/h7-8,12-13H,4-6,9-11H2,1-3H3,(H,19,22). The van der Waals surface area contributed by atoms with Crippen molar-refractivity contribution in [1.29, 1.82) is 0 Å². The molecule has 0 atom stereocenters. The van der Waals surface area contributed by atoms with E-state index in [1.54, 1.807) is 25.3 Å². The fourth-order valence-corrected chi connectivity index (χ4v) is 2.67. The van der Waals surface area contributed by atoms with Crippen molar-refractivity contribution in [2.24, 2.45) is 0 Å². The van der Waals surface area contributed by atoms with Gasteiger partial charge in [-0.2, -0.15) is 0 Å². The van der Waals surface area contributed by atoms with Gasteiger partial charge in [0.15, 0.2) is 11.5 Å². The zero-order valence-corrected chi connectivity index (χ0v) is 14.6. The minimum Gasteiger partial charge on any atom is -0.493 e. The van der Waals surface area contributed by atoms with Gasteiger partial charge in [-0.25, -0.2) is 0 Å². The average molecular weight is 334 g/mol. The summed E-state index contributed by atoms with van der Waals surface area (Å²) >= 11 is 0. The van der Waals surface area contributed by atoms with Gasteiger partial charge in [-0.05, 0) is 44.9 Å². The third kappa shape index (κ3) is 4.88. The second-order valence-corrected chi connectivity index (χ2v) is 6.13. The molecule has 0 unspecified atom stereocenters. The highest BCUT2D eigenvalue weighted by atomic mass is 16.5. The molecule has 1 fully saturated rings. The number of nitrogens with zero attached hydrogens (tertiary/aromatic N) is 1. The Labute approximate surface area is 143 Å². The maximum absolute atomic E-state index is 12.2. The van der Waals surface area contributed by atoms with Gasteiger partial charge in [0, 0.05) is 31.6 Å². The van der Waals surface area contributed by atoms with Crippen LogP contribution >= 0.6 is 0 Å². The number of benzene rings is 1. The van der Waals surface area contributed by atoms with Crippen LogP contribution in [0.4, 0.5) is 0 Å². The summed E-state index contributed by atoms with van der Waals surface area (Å²) in [4.78, 5) is 25.6. The number of likely N-dealkylation sites (tertiary alicyclic amines) is 1. The van der Waals surface area contributed by atoms with Gasteiger partial charge in [0.25, 0.3) is 5.91 Å². The van der Waals surface area contributed by atoms with E-state index in [1.165, 1.54) is 0 Å². The fourth-order valence-electron chi connectivity index (χ4n) is 2.67. The molecule has 0 spiro atoms. The van der Waals surface area contributed by atoms with Gasteiger partial charge in [0.05, 0.1) is 13.2 Å². The molecule has 24 heavy (non-hydrogen) atoms. The quantitative estimate of drug-likeness (QED) is 0.740. The molecule has 2 rings (SSSR count). The van der Waals surface area contributed by atoms with Crippen LogP contribution in [-0.4, -0.2) is 49.6 Å². The Morgan fingerprint density at radius 2 is 2.12 bits per heavy atom. The van der Waals surface area contributed by atoms with Crippen molar-refractivity contribution in [3.05, 3.63) is 23.8 Å². The predicted molar refractivity (Wildman–Crippen MR) is 91.5 cm³/mol. The molecular weight excluding hydrogens is 308 g/mol. The third-order valence-electron chi connectivity index (χ3n) is 3.85. The second kappa shape index (κ2) is 8.57. The van der Waals surface area contributed by atoms with Crippen LogP contribution in [0.15, 0.2) is 18.2 Å². The summed E-state index contributed by atoms with van der Waals surface area (Å²) in [6.45, 7) is 5.94. The SMILES string of the molecule is COc1cc(C(=O)NCCCN2CCCC2=O)ccc1OC(C)C. The van der Waals surface area contributed by atoms with E-state index in [0.29, 0.717) is 36.6 Å². The minimum absolute atomic E-state index is 0.0341. The van der Waals surface area contributed by atoms with Crippen molar-refractivity contribution in [2.45, 2.75) is 39.2 Å². The van der Waals surface area contributed by atoms with Gasteiger partial charge in [0.2, 0.25) is 5.91 Å². The van der Waals surface area contributed by atoms with Crippen LogP contribution in [0.2, 0.25) is 0 Å². The van der Waals surface area contributed by atoms with Crippen molar-refractivity contribution in [2.75, 3.05) is 26.7 Å². The Bertz CT molecular complexity index is 586. The summed E-state index contributed by atoms with van der Waals surface area (Å²) < 4.78 is 10.9. The van der Waals surface area contributed by atoms with E-state index in [2.05, 4.69) is 5.32 Å². The molecule has 1 N–H and O–H groups in total. The van der Waals surface area contributed by atoms with E-state index in [1.807, 2.05) is 18.7 Å². The predicted octanol–water partition coefficient (Wildman–Crippen LogP) is 2.22. The van der Waals surface area contributed by atoms with E-state index >= 15 is 0 Å². The number of hydrogen-bond acceptors (Lipinski definition) is 4. The number of nitrogens with one attached hydrogen (secondary N) is 1. The van der Waals surface area contributed by atoms with E-state index in [0.717, 1.165) is 19.4 Å². The summed E-state index contributed by atoms with van der Waals surface area (Å²) in [6, 6.07) is 5.15. The van der Waals surface area contributed by atoms with Gasteiger partial charge in [-0.1, -0.05) is 0 Å². The van der Waals surface area contributed by atoms with Gasteiger partial charge in [-0.3, -0.25) is 9.59 Å². The molecule has 1 aliphatic heterocycles. The highest BCUT2D eigenvalue weighted by Crippen LogP contribution is 2.28. The number of carbonyl (C=O) groups excluding carboxylic acids is 2. The molecule has 6 heteroatoms. The number of carbonyl (C=O) groups is 2. The zero-order valence-electron chi connectivity index (χ0n) is 14.6. The van der Waals surface area contributed by atoms with Crippen molar-refractivity contribution >= 4 is 11.8 Å². The second-order valence-electron chi connectivity index (χ2n) is 6.13. The molecule has 1 aliphatic rings. The van der Waals surface area contributed by atoms with E-state index in [9.17, 15) is 9.59 Å². The van der Waals surface area contributed by atoms with Gasteiger partial charge < -0.3 is 19.7 Å². The van der Waals surface area contributed by atoms with Crippen LogP contribution in [0.5, 0.6) is 11.5 Å². The Balaban J connectivity index is 1.84. The summed E-state index contributed by atoms with van der Waals surface area (Å²) in [7, 11) is 1.55. The maximum atomic E-state index is 12.2. The summed E-state index contributed by atoms with van der Waals surface area (Å²) in [5, 5.41) is 2.88. The first-order chi connectivity index (χ1) is 11.5. The van der Waals surface area contributed by atoms with Crippen molar-refractivity contribution in [1.82, 2.24) is 10.2 Å². The van der Waals surface area contributed by atoms with E-state index < -0.39 is 0 Å². The molecular formula is C18H26N2O4. The smallest absolute Gasteiger partial charge is 0.251 e. The van der Waals surface area contributed by atoms with Crippen LogP contribution < -0.4 is 14.8 Å². The van der Waals surface area contributed by atoms with Gasteiger partial charge in [-0.15, -0.1) is 0 Å². The molecule has 0 bridgehead atoms. The van der Waals surface area contributed by atoms with Crippen LogP contribution in [0.1, 0.15) is 43.5 Å². The number of amides is 2. The Morgan fingerprint density at radius 1 is 1.33 bits per heavy atom. The first kappa shape index (κ1) is 18.1. The summed E-state index contributed by atoms with van der Waals surface area (Å²) in [5.41, 5.74) is 0.528. The number of ether oxygens (including phenoxy) is 2. The van der Waals surface area contributed by atoms with Crippen LogP contribution in [-0.2, 0) is 4.79 Å². The Kier molecular flexibility index (Phi) is 6.46. The molecule has 6 nitrogen and oxygen atoms in total. The summed E-state index contributed by atoms with van der Waals surface area (Å²) in [6.07, 6.45) is 2.38. The third-order valence-corrected chi connectivity index (χ3v) is 3.85. The van der Waals surface area contributed by atoms with E-state index in [4.69, 9.17) is 9.47 Å². The van der Waals surface area contributed by atoms with E-state index in [-0.39, 0.29) is 17.9 Å². The lowest BCUT2D eigenvalue weighted by Gasteiger charge is -2.16. The number of methoxy groups -OCH3 is 1. The fraction of sp³-hybridized carbons (Fsp3) is 0.556. The lowest BCUT2D eigenvalue weighted by Crippen LogP contribution is -2.30.